The molecule has 6 heteroatoms. The maximum Gasteiger partial charge on any atom is 0.346 e. The molecule has 0 unspecified atom stereocenters. The molecule has 1 aromatic carbocycles. The fourth-order valence-electron chi connectivity index (χ4n) is 1.92. The van der Waals surface area contributed by atoms with E-state index in [2.05, 4.69) is 10.3 Å². The number of halogens is 2. The van der Waals surface area contributed by atoms with E-state index >= 15 is 0 Å². The SMILES string of the molecule is CN1CCCC1=NC(=O)NC=Cc1ccc(Cl)cc1Cl. The summed E-state index contributed by atoms with van der Waals surface area (Å²) in [6.45, 7) is 0.947. The standard InChI is InChI=1S/C14H15Cl2N3O/c1-19-8-2-3-13(19)18-14(20)17-7-6-10-4-5-11(15)9-12(10)16/h4-7,9H,2-3,8H2,1H3,(H,17,20). The number of likely N-dealkylation sites (tertiary alicyclic amines) is 1. The van der Waals surface area contributed by atoms with Gasteiger partial charge in [0.1, 0.15) is 5.84 Å². The molecule has 0 atom stereocenters. The summed E-state index contributed by atoms with van der Waals surface area (Å²) in [7, 11) is 1.93. The van der Waals surface area contributed by atoms with Gasteiger partial charge in [0.05, 0.1) is 0 Å². The van der Waals surface area contributed by atoms with E-state index < -0.39 is 0 Å². The molecular weight excluding hydrogens is 297 g/mol. The van der Waals surface area contributed by atoms with Gasteiger partial charge in [-0.15, -0.1) is 0 Å². The Labute approximate surface area is 128 Å². The third-order valence-corrected chi connectivity index (χ3v) is 3.56. The summed E-state index contributed by atoms with van der Waals surface area (Å²) in [5, 5.41) is 3.70. The molecule has 1 saturated heterocycles. The zero-order chi connectivity index (χ0) is 14.5. The van der Waals surface area contributed by atoms with E-state index in [9.17, 15) is 4.79 Å². The molecule has 1 aromatic rings. The van der Waals surface area contributed by atoms with Crippen molar-refractivity contribution in [1.29, 1.82) is 0 Å². The van der Waals surface area contributed by atoms with Crippen LogP contribution in [0.1, 0.15) is 18.4 Å². The third kappa shape index (κ3) is 3.99. The minimum Gasteiger partial charge on any atom is -0.363 e. The van der Waals surface area contributed by atoms with Crippen LogP contribution in [0.15, 0.2) is 29.4 Å². The first kappa shape index (κ1) is 14.9. The Balaban J connectivity index is 1.94. The number of amides is 2. The lowest BCUT2D eigenvalue weighted by Gasteiger charge is -2.09. The highest BCUT2D eigenvalue weighted by Crippen LogP contribution is 2.21. The summed E-state index contributed by atoms with van der Waals surface area (Å²) in [6, 6.07) is 4.79. The Bertz CT molecular complexity index is 570. The number of benzene rings is 1. The molecule has 20 heavy (non-hydrogen) atoms. The molecule has 0 aliphatic carbocycles. The molecule has 0 aromatic heterocycles. The molecule has 1 fully saturated rings. The van der Waals surface area contributed by atoms with Crippen LogP contribution in [0.2, 0.25) is 10.0 Å². The summed E-state index contributed by atoms with van der Waals surface area (Å²) < 4.78 is 0. The van der Waals surface area contributed by atoms with Crippen molar-refractivity contribution < 1.29 is 4.79 Å². The number of carbonyl (C=O) groups excluding carboxylic acids is 1. The minimum absolute atomic E-state index is 0.380. The predicted octanol–water partition coefficient (Wildman–Crippen LogP) is 3.80. The number of nitrogens with zero attached hydrogens (tertiary/aromatic N) is 2. The van der Waals surface area contributed by atoms with Gasteiger partial charge in [0.2, 0.25) is 0 Å². The van der Waals surface area contributed by atoms with Gasteiger partial charge in [0.15, 0.2) is 0 Å². The van der Waals surface area contributed by atoms with E-state index in [1.54, 1.807) is 24.3 Å². The lowest BCUT2D eigenvalue weighted by molar-refractivity contribution is 0.252. The van der Waals surface area contributed by atoms with Crippen molar-refractivity contribution in [2.75, 3.05) is 13.6 Å². The number of rotatable bonds is 2. The van der Waals surface area contributed by atoms with Crippen molar-refractivity contribution in [1.82, 2.24) is 10.2 Å². The Kier molecular flexibility index (Phi) is 5.04. The third-order valence-electron chi connectivity index (χ3n) is 3.00. The maximum absolute atomic E-state index is 11.6. The molecule has 0 saturated carbocycles. The Hall–Kier alpha value is -1.52. The van der Waals surface area contributed by atoms with Crippen molar-refractivity contribution >= 4 is 41.1 Å². The predicted molar refractivity (Wildman–Crippen MR) is 83.3 cm³/mol. The first-order chi connectivity index (χ1) is 9.56. The average molecular weight is 312 g/mol. The highest BCUT2D eigenvalue weighted by atomic mass is 35.5. The van der Waals surface area contributed by atoms with E-state index in [0.29, 0.717) is 10.0 Å². The van der Waals surface area contributed by atoms with Crippen LogP contribution in [0.5, 0.6) is 0 Å². The van der Waals surface area contributed by atoms with Gasteiger partial charge in [0.25, 0.3) is 0 Å². The van der Waals surface area contributed by atoms with Gasteiger partial charge in [-0.1, -0.05) is 29.3 Å². The number of urea groups is 1. The first-order valence-electron chi connectivity index (χ1n) is 6.27. The molecule has 1 N–H and O–H groups in total. The van der Waals surface area contributed by atoms with Crippen LogP contribution in [-0.4, -0.2) is 30.4 Å². The first-order valence-corrected chi connectivity index (χ1v) is 7.02. The zero-order valence-corrected chi connectivity index (χ0v) is 12.6. The van der Waals surface area contributed by atoms with Crippen LogP contribution in [0.3, 0.4) is 0 Å². The normalized spacial score (nSPS) is 17.1. The summed E-state index contributed by atoms with van der Waals surface area (Å²) >= 11 is 11.8. The van der Waals surface area contributed by atoms with E-state index in [-0.39, 0.29) is 6.03 Å². The van der Waals surface area contributed by atoms with Crippen LogP contribution < -0.4 is 5.32 Å². The zero-order valence-electron chi connectivity index (χ0n) is 11.1. The molecule has 1 aliphatic heterocycles. The fraction of sp³-hybridized carbons (Fsp3) is 0.286. The Morgan fingerprint density at radius 2 is 2.25 bits per heavy atom. The van der Waals surface area contributed by atoms with E-state index in [1.807, 2.05) is 11.9 Å². The van der Waals surface area contributed by atoms with Gasteiger partial charge in [-0.05, 0) is 30.2 Å². The van der Waals surface area contributed by atoms with Gasteiger partial charge >= 0.3 is 6.03 Å². The van der Waals surface area contributed by atoms with E-state index in [1.165, 1.54) is 6.20 Å². The lowest BCUT2D eigenvalue weighted by atomic mass is 10.2. The van der Waals surface area contributed by atoms with Crippen molar-refractivity contribution in [2.24, 2.45) is 4.99 Å². The summed E-state index contributed by atoms with van der Waals surface area (Å²) in [6.07, 6.45) is 5.11. The number of aliphatic imine (C=N–C) groups is 1. The van der Waals surface area contributed by atoms with Gasteiger partial charge < -0.3 is 10.2 Å². The minimum atomic E-state index is -0.380. The van der Waals surface area contributed by atoms with E-state index in [4.69, 9.17) is 23.2 Å². The van der Waals surface area contributed by atoms with Gasteiger partial charge in [-0.2, -0.15) is 4.99 Å². The van der Waals surface area contributed by atoms with Gasteiger partial charge in [-0.25, -0.2) is 4.79 Å². The molecule has 2 rings (SSSR count). The Morgan fingerprint density at radius 1 is 1.45 bits per heavy atom. The molecule has 1 heterocycles. The molecule has 4 nitrogen and oxygen atoms in total. The monoisotopic (exact) mass is 311 g/mol. The maximum atomic E-state index is 11.6. The second-order valence-corrected chi connectivity index (χ2v) is 5.35. The number of carbonyl (C=O) groups is 1. The highest BCUT2D eigenvalue weighted by Gasteiger charge is 2.14. The van der Waals surface area contributed by atoms with Crippen LogP contribution in [-0.2, 0) is 0 Å². The second-order valence-electron chi connectivity index (χ2n) is 4.50. The number of nitrogens with one attached hydrogen (secondary N) is 1. The molecule has 2 amide bonds. The smallest absolute Gasteiger partial charge is 0.346 e. The molecule has 0 spiro atoms. The van der Waals surface area contributed by atoms with Crippen LogP contribution >= 0.6 is 23.2 Å². The second kappa shape index (κ2) is 6.77. The van der Waals surface area contributed by atoms with Crippen LogP contribution in [0.4, 0.5) is 4.79 Å². The van der Waals surface area contributed by atoms with Crippen molar-refractivity contribution in [3.63, 3.8) is 0 Å². The highest BCUT2D eigenvalue weighted by molar-refractivity contribution is 6.35. The summed E-state index contributed by atoms with van der Waals surface area (Å²) in [4.78, 5) is 17.6. The topological polar surface area (TPSA) is 44.7 Å². The van der Waals surface area contributed by atoms with Crippen LogP contribution in [0.25, 0.3) is 6.08 Å². The van der Waals surface area contributed by atoms with Crippen LogP contribution in [0, 0.1) is 0 Å². The molecular formula is C14H15Cl2N3O. The van der Waals surface area contributed by atoms with E-state index in [0.717, 1.165) is 30.8 Å². The van der Waals surface area contributed by atoms with Gasteiger partial charge in [-0.3, -0.25) is 0 Å². The van der Waals surface area contributed by atoms with Crippen molar-refractivity contribution in [2.45, 2.75) is 12.8 Å². The average Bonchev–Trinajstić information content (AvgIpc) is 2.78. The largest absolute Gasteiger partial charge is 0.363 e. The summed E-state index contributed by atoms with van der Waals surface area (Å²) in [5.74, 6) is 0.820. The number of hydrogen-bond acceptors (Lipinski definition) is 1. The lowest BCUT2D eigenvalue weighted by Crippen LogP contribution is -2.23. The van der Waals surface area contributed by atoms with Crippen molar-refractivity contribution in [3.8, 4) is 0 Å². The van der Waals surface area contributed by atoms with Gasteiger partial charge in [0, 0.05) is 36.3 Å². The quantitative estimate of drug-likeness (QED) is 0.903. The molecule has 106 valence electrons. The fourth-order valence-corrected chi connectivity index (χ4v) is 2.40. The molecule has 0 radical (unpaired) electrons. The van der Waals surface area contributed by atoms with Crippen molar-refractivity contribution in [3.05, 3.63) is 40.0 Å². The number of amidine groups is 1. The molecule has 0 bridgehead atoms. The number of hydrogen-bond donors (Lipinski definition) is 1. The molecule has 1 aliphatic rings. The summed E-state index contributed by atoms with van der Waals surface area (Å²) in [5.41, 5.74) is 0.780. The Morgan fingerprint density at radius 3 is 2.90 bits per heavy atom.